The number of fused-ring (bicyclic) bond motifs is 1. The van der Waals surface area contributed by atoms with Crippen molar-refractivity contribution in [3.05, 3.63) is 70.6 Å². The van der Waals surface area contributed by atoms with Gasteiger partial charge in [0.25, 0.3) is 11.5 Å². The van der Waals surface area contributed by atoms with Crippen molar-refractivity contribution in [3.63, 3.8) is 0 Å². The third-order valence-corrected chi connectivity index (χ3v) is 5.43. The van der Waals surface area contributed by atoms with E-state index in [1.165, 1.54) is 0 Å². The molecule has 150 valence electrons. The molecule has 1 aromatic heterocycles. The van der Waals surface area contributed by atoms with Crippen LogP contribution in [0.3, 0.4) is 0 Å². The molecule has 3 aromatic rings. The number of para-hydroxylation sites is 1. The number of nitrogens with zero attached hydrogens (tertiary/aromatic N) is 2. The van der Waals surface area contributed by atoms with E-state index in [1.54, 1.807) is 11.6 Å². The van der Waals surface area contributed by atoms with Gasteiger partial charge in [0, 0.05) is 5.39 Å². The summed E-state index contributed by atoms with van der Waals surface area (Å²) < 4.78 is 7.31. The Balaban J connectivity index is 1.54. The standard InChI is InChI=1S/C23H25N3O3/c1-16(29-18-11-3-2-4-12-18)22(27)24-15-21-19-13-7-8-14-20(19)23(28)26(25-21)17-9-5-6-10-17/h2-4,7-8,11-14,16-17H,5-6,9-10,15H2,1H3,(H,24,27)/t16-/m0/s1. The van der Waals surface area contributed by atoms with Gasteiger partial charge >= 0.3 is 0 Å². The molecule has 1 fully saturated rings. The van der Waals surface area contributed by atoms with Crippen LogP contribution in [0.25, 0.3) is 10.8 Å². The van der Waals surface area contributed by atoms with E-state index in [2.05, 4.69) is 10.4 Å². The minimum Gasteiger partial charge on any atom is -0.481 e. The maximum atomic E-state index is 12.9. The fourth-order valence-electron chi connectivity index (χ4n) is 3.87. The summed E-state index contributed by atoms with van der Waals surface area (Å²) in [6, 6.07) is 16.9. The second-order valence-corrected chi connectivity index (χ2v) is 7.47. The molecule has 6 heteroatoms. The van der Waals surface area contributed by atoms with Crippen LogP contribution in [0.4, 0.5) is 0 Å². The van der Waals surface area contributed by atoms with Crippen LogP contribution in [0, 0.1) is 0 Å². The van der Waals surface area contributed by atoms with Crippen LogP contribution in [0.1, 0.15) is 44.3 Å². The molecule has 1 amide bonds. The van der Waals surface area contributed by atoms with Crippen LogP contribution < -0.4 is 15.6 Å². The Labute approximate surface area is 169 Å². The van der Waals surface area contributed by atoms with Crippen LogP contribution in [0.5, 0.6) is 5.75 Å². The quantitative estimate of drug-likeness (QED) is 0.697. The number of aromatic nitrogens is 2. The predicted octanol–water partition coefficient (Wildman–Crippen LogP) is 3.60. The van der Waals surface area contributed by atoms with E-state index in [4.69, 9.17) is 4.74 Å². The van der Waals surface area contributed by atoms with E-state index >= 15 is 0 Å². The van der Waals surface area contributed by atoms with Crippen molar-refractivity contribution in [3.8, 4) is 5.75 Å². The van der Waals surface area contributed by atoms with Gasteiger partial charge in [-0.25, -0.2) is 4.68 Å². The van der Waals surface area contributed by atoms with Crippen molar-refractivity contribution < 1.29 is 9.53 Å². The molecule has 0 saturated heterocycles. The highest BCUT2D eigenvalue weighted by atomic mass is 16.5. The Morgan fingerprint density at radius 2 is 1.76 bits per heavy atom. The summed E-state index contributed by atoms with van der Waals surface area (Å²) in [4.78, 5) is 25.4. The predicted molar refractivity (Wildman–Crippen MR) is 112 cm³/mol. The third kappa shape index (κ3) is 4.16. The summed E-state index contributed by atoms with van der Waals surface area (Å²) in [5.41, 5.74) is 0.649. The molecule has 1 atom stereocenters. The van der Waals surface area contributed by atoms with Gasteiger partial charge in [0.05, 0.1) is 23.7 Å². The molecule has 6 nitrogen and oxygen atoms in total. The number of hydrogen-bond donors (Lipinski definition) is 1. The molecule has 1 heterocycles. The van der Waals surface area contributed by atoms with Crippen molar-refractivity contribution in [2.24, 2.45) is 0 Å². The average Bonchev–Trinajstić information content (AvgIpc) is 3.28. The molecule has 0 unspecified atom stereocenters. The number of benzene rings is 2. The average molecular weight is 391 g/mol. The zero-order chi connectivity index (χ0) is 20.2. The van der Waals surface area contributed by atoms with Crippen molar-refractivity contribution in [2.45, 2.75) is 51.3 Å². The SMILES string of the molecule is C[C@H](Oc1ccccc1)C(=O)NCc1nn(C2CCCC2)c(=O)c2ccccc12. The summed E-state index contributed by atoms with van der Waals surface area (Å²) in [7, 11) is 0. The lowest BCUT2D eigenvalue weighted by atomic mass is 10.1. The molecule has 0 radical (unpaired) electrons. The van der Waals surface area contributed by atoms with Crippen molar-refractivity contribution in [1.29, 1.82) is 0 Å². The van der Waals surface area contributed by atoms with E-state index in [0.29, 0.717) is 16.8 Å². The molecule has 0 bridgehead atoms. The van der Waals surface area contributed by atoms with Crippen molar-refractivity contribution >= 4 is 16.7 Å². The highest BCUT2D eigenvalue weighted by Gasteiger charge is 2.22. The lowest BCUT2D eigenvalue weighted by Crippen LogP contribution is -2.37. The van der Waals surface area contributed by atoms with Gasteiger partial charge in [0.1, 0.15) is 5.75 Å². The first-order chi connectivity index (χ1) is 14.1. The van der Waals surface area contributed by atoms with E-state index in [9.17, 15) is 9.59 Å². The van der Waals surface area contributed by atoms with Gasteiger partial charge in [-0.15, -0.1) is 0 Å². The molecule has 2 aromatic carbocycles. The zero-order valence-corrected chi connectivity index (χ0v) is 16.5. The molecule has 1 aliphatic carbocycles. The smallest absolute Gasteiger partial charge is 0.274 e. The van der Waals surface area contributed by atoms with Gasteiger partial charge in [0.2, 0.25) is 0 Å². The fourth-order valence-corrected chi connectivity index (χ4v) is 3.87. The highest BCUT2D eigenvalue weighted by molar-refractivity contribution is 5.85. The van der Waals surface area contributed by atoms with E-state index < -0.39 is 6.10 Å². The van der Waals surface area contributed by atoms with Gasteiger partial charge < -0.3 is 10.1 Å². The van der Waals surface area contributed by atoms with Crippen LogP contribution in [0.2, 0.25) is 0 Å². The maximum Gasteiger partial charge on any atom is 0.274 e. The molecule has 1 aliphatic rings. The van der Waals surface area contributed by atoms with Crippen molar-refractivity contribution in [1.82, 2.24) is 15.1 Å². The number of ether oxygens (including phenoxy) is 1. The van der Waals surface area contributed by atoms with Crippen LogP contribution >= 0.6 is 0 Å². The molecule has 29 heavy (non-hydrogen) atoms. The first-order valence-corrected chi connectivity index (χ1v) is 10.1. The molecule has 0 aliphatic heterocycles. The molecular weight excluding hydrogens is 366 g/mol. The summed E-state index contributed by atoms with van der Waals surface area (Å²) in [6.07, 6.45) is 3.54. The second-order valence-electron chi connectivity index (χ2n) is 7.47. The van der Waals surface area contributed by atoms with E-state index in [0.717, 1.165) is 31.1 Å². The van der Waals surface area contributed by atoms with Crippen LogP contribution in [-0.4, -0.2) is 21.8 Å². The topological polar surface area (TPSA) is 73.2 Å². The lowest BCUT2D eigenvalue weighted by molar-refractivity contribution is -0.127. The number of amides is 1. The number of carbonyl (C=O) groups excluding carboxylic acids is 1. The van der Waals surface area contributed by atoms with Gasteiger partial charge in [-0.1, -0.05) is 49.2 Å². The monoisotopic (exact) mass is 391 g/mol. The van der Waals surface area contributed by atoms with Gasteiger partial charge in [-0.3, -0.25) is 9.59 Å². The summed E-state index contributed by atoms with van der Waals surface area (Å²) >= 11 is 0. The Bertz CT molecular complexity index is 1060. The van der Waals surface area contributed by atoms with E-state index in [-0.39, 0.29) is 24.1 Å². The molecular formula is C23H25N3O3. The number of hydrogen-bond acceptors (Lipinski definition) is 4. The zero-order valence-electron chi connectivity index (χ0n) is 16.5. The fraction of sp³-hybridized carbons (Fsp3) is 0.348. The minimum absolute atomic E-state index is 0.0524. The number of rotatable bonds is 6. The third-order valence-electron chi connectivity index (χ3n) is 5.43. The normalized spacial score (nSPS) is 15.3. The van der Waals surface area contributed by atoms with Gasteiger partial charge in [0.15, 0.2) is 6.10 Å². The maximum absolute atomic E-state index is 12.9. The highest BCUT2D eigenvalue weighted by Crippen LogP contribution is 2.28. The second kappa shape index (κ2) is 8.47. The number of carbonyl (C=O) groups is 1. The first kappa shape index (κ1) is 19.2. The Hall–Kier alpha value is -3.15. The Morgan fingerprint density at radius 1 is 1.10 bits per heavy atom. The van der Waals surface area contributed by atoms with Crippen LogP contribution in [-0.2, 0) is 11.3 Å². The molecule has 4 rings (SSSR count). The largest absolute Gasteiger partial charge is 0.481 e. The van der Waals surface area contributed by atoms with Gasteiger partial charge in [-0.05, 0) is 38.0 Å². The first-order valence-electron chi connectivity index (χ1n) is 10.1. The Morgan fingerprint density at radius 3 is 2.48 bits per heavy atom. The van der Waals surface area contributed by atoms with E-state index in [1.807, 2.05) is 54.6 Å². The van der Waals surface area contributed by atoms with Crippen molar-refractivity contribution in [2.75, 3.05) is 0 Å². The summed E-state index contributed by atoms with van der Waals surface area (Å²) in [5, 5.41) is 8.98. The molecule has 0 spiro atoms. The summed E-state index contributed by atoms with van der Waals surface area (Å²) in [6.45, 7) is 1.96. The lowest BCUT2D eigenvalue weighted by Gasteiger charge is -2.17. The minimum atomic E-state index is -0.635. The van der Waals surface area contributed by atoms with Crippen LogP contribution in [0.15, 0.2) is 59.4 Å². The molecule has 1 N–H and O–H groups in total. The van der Waals surface area contributed by atoms with Gasteiger partial charge in [-0.2, -0.15) is 5.10 Å². The Kier molecular flexibility index (Phi) is 5.60. The molecule has 1 saturated carbocycles. The number of nitrogens with one attached hydrogen (secondary N) is 1. The summed E-state index contributed by atoms with van der Waals surface area (Å²) in [5.74, 6) is 0.423.